The number of hydrogen-bond donors (Lipinski definition) is 1. The van der Waals surface area contributed by atoms with Gasteiger partial charge in [0, 0.05) is 38.5 Å². The SMILES string of the molecule is C[C@H]1CN([C@@H](C)CO)C(=O)CCCn2cc(nn2)CO[C@H]1CN(C)Cc1ccc2c(c1)OCO2. The van der Waals surface area contributed by atoms with Gasteiger partial charge in [-0.15, -0.1) is 5.10 Å². The van der Waals surface area contributed by atoms with Crippen molar-refractivity contribution in [2.24, 2.45) is 5.92 Å². The van der Waals surface area contributed by atoms with Crippen LogP contribution in [-0.2, 0) is 29.2 Å². The summed E-state index contributed by atoms with van der Waals surface area (Å²) in [5.41, 5.74) is 1.90. The van der Waals surface area contributed by atoms with Crippen LogP contribution in [-0.4, -0.2) is 81.5 Å². The van der Waals surface area contributed by atoms with Gasteiger partial charge in [0.05, 0.1) is 31.6 Å². The number of fused-ring (bicyclic) bond motifs is 3. The van der Waals surface area contributed by atoms with Crippen LogP contribution in [0.3, 0.4) is 0 Å². The fourth-order valence-corrected chi connectivity index (χ4v) is 4.42. The first-order valence-electron chi connectivity index (χ1n) is 11.9. The van der Waals surface area contributed by atoms with Gasteiger partial charge in [-0.1, -0.05) is 18.2 Å². The summed E-state index contributed by atoms with van der Waals surface area (Å²) in [6.45, 7) is 7.05. The average Bonchev–Trinajstić information content (AvgIpc) is 3.48. The molecule has 34 heavy (non-hydrogen) atoms. The molecule has 0 aliphatic carbocycles. The molecule has 10 heteroatoms. The average molecular weight is 474 g/mol. The largest absolute Gasteiger partial charge is 0.454 e. The molecule has 2 bridgehead atoms. The number of aryl methyl sites for hydroxylation is 1. The Bertz CT molecular complexity index is 967. The Hall–Kier alpha value is -2.69. The minimum atomic E-state index is -0.246. The second kappa shape index (κ2) is 11.2. The first-order valence-corrected chi connectivity index (χ1v) is 11.9. The fourth-order valence-electron chi connectivity index (χ4n) is 4.42. The summed E-state index contributed by atoms with van der Waals surface area (Å²) in [7, 11) is 2.05. The quantitative estimate of drug-likeness (QED) is 0.676. The first-order chi connectivity index (χ1) is 16.4. The zero-order chi connectivity index (χ0) is 24.1. The van der Waals surface area contributed by atoms with Gasteiger partial charge in [-0.05, 0) is 38.1 Å². The summed E-state index contributed by atoms with van der Waals surface area (Å²) in [5, 5.41) is 18.1. The zero-order valence-electron chi connectivity index (χ0n) is 20.2. The van der Waals surface area contributed by atoms with Gasteiger partial charge >= 0.3 is 0 Å². The molecular weight excluding hydrogens is 438 g/mol. The Kier molecular flexibility index (Phi) is 8.02. The predicted octanol–water partition coefficient (Wildman–Crippen LogP) is 1.66. The third-order valence-corrected chi connectivity index (χ3v) is 6.43. The fraction of sp³-hybridized carbons (Fsp3) is 0.625. The molecule has 186 valence electrons. The second-order valence-corrected chi connectivity index (χ2v) is 9.37. The van der Waals surface area contributed by atoms with E-state index < -0.39 is 0 Å². The number of aliphatic hydroxyl groups is 1. The molecule has 1 aromatic heterocycles. The highest BCUT2D eigenvalue weighted by atomic mass is 16.7. The van der Waals surface area contributed by atoms with Crippen LogP contribution in [0, 0.1) is 5.92 Å². The van der Waals surface area contributed by atoms with Gasteiger partial charge in [-0.25, -0.2) is 0 Å². The van der Waals surface area contributed by atoms with Crippen LogP contribution in [0.25, 0.3) is 0 Å². The monoisotopic (exact) mass is 473 g/mol. The molecule has 1 amide bonds. The standard InChI is InChI=1S/C24H35N5O5/c1-17-10-29(18(2)14-30)24(31)5-4-8-28-12-20(25-26-28)15-32-23(17)13-27(3)11-19-6-7-21-22(9-19)34-16-33-21/h6-7,9,12,17-18,23,30H,4-5,8,10-11,13-16H2,1-3H3/t17-,18-,23-/m0/s1. The number of hydrogen-bond acceptors (Lipinski definition) is 8. The number of aromatic nitrogens is 3. The number of amides is 1. The number of ether oxygens (including phenoxy) is 3. The third kappa shape index (κ3) is 6.05. The minimum Gasteiger partial charge on any atom is -0.454 e. The third-order valence-electron chi connectivity index (χ3n) is 6.43. The minimum absolute atomic E-state index is 0.0421. The van der Waals surface area contributed by atoms with Gasteiger partial charge in [-0.3, -0.25) is 14.4 Å². The van der Waals surface area contributed by atoms with E-state index in [0.29, 0.717) is 39.1 Å². The normalized spacial score (nSPS) is 22.3. The van der Waals surface area contributed by atoms with Gasteiger partial charge in [0.1, 0.15) is 5.69 Å². The van der Waals surface area contributed by atoms with Crippen LogP contribution in [0.5, 0.6) is 11.5 Å². The molecule has 0 saturated carbocycles. The summed E-state index contributed by atoms with van der Waals surface area (Å²) in [6, 6.07) is 5.74. The smallest absolute Gasteiger partial charge is 0.231 e. The summed E-state index contributed by atoms with van der Waals surface area (Å²) >= 11 is 0. The van der Waals surface area contributed by atoms with E-state index >= 15 is 0 Å². The van der Waals surface area contributed by atoms with Gasteiger partial charge in [0.2, 0.25) is 12.7 Å². The van der Waals surface area contributed by atoms with Crippen molar-refractivity contribution in [3.05, 3.63) is 35.7 Å². The van der Waals surface area contributed by atoms with E-state index in [4.69, 9.17) is 14.2 Å². The number of aliphatic hydroxyl groups excluding tert-OH is 1. The highest BCUT2D eigenvalue weighted by Crippen LogP contribution is 2.32. The summed E-state index contributed by atoms with van der Waals surface area (Å²) in [6.07, 6.45) is 2.81. The lowest BCUT2D eigenvalue weighted by Gasteiger charge is -2.35. The second-order valence-electron chi connectivity index (χ2n) is 9.37. The molecule has 0 unspecified atom stereocenters. The molecule has 0 saturated heterocycles. The first kappa shape index (κ1) is 24.4. The van der Waals surface area contributed by atoms with E-state index in [1.165, 1.54) is 0 Å². The number of carbonyl (C=O) groups is 1. The summed E-state index contributed by atoms with van der Waals surface area (Å²) in [4.78, 5) is 17.0. The highest BCUT2D eigenvalue weighted by Gasteiger charge is 2.28. The van der Waals surface area contributed by atoms with Gasteiger partial charge < -0.3 is 24.2 Å². The Labute approximate surface area is 200 Å². The van der Waals surface area contributed by atoms with E-state index in [1.807, 2.05) is 31.3 Å². The molecular formula is C24H35N5O5. The molecule has 4 rings (SSSR count). The maximum Gasteiger partial charge on any atom is 0.231 e. The van der Waals surface area contributed by atoms with Crippen molar-refractivity contribution in [2.75, 3.05) is 33.5 Å². The lowest BCUT2D eigenvalue weighted by molar-refractivity contribution is -0.136. The Morgan fingerprint density at radius 2 is 2.12 bits per heavy atom. The van der Waals surface area contributed by atoms with Crippen molar-refractivity contribution in [1.82, 2.24) is 24.8 Å². The molecule has 3 atom stereocenters. The Morgan fingerprint density at radius 3 is 2.94 bits per heavy atom. The van der Waals surface area contributed by atoms with Crippen molar-refractivity contribution >= 4 is 5.91 Å². The maximum absolute atomic E-state index is 13.0. The highest BCUT2D eigenvalue weighted by molar-refractivity contribution is 5.76. The number of likely N-dealkylation sites (N-methyl/N-ethyl adjacent to an activating group) is 1. The van der Waals surface area contributed by atoms with Crippen LogP contribution < -0.4 is 9.47 Å². The molecule has 10 nitrogen and oxygen atoms in total. The van der Waals surface area contributed by atoms with E-state index in [0.717, 1.165) is 29.3 Å². The number of benzene rings is 1. The maximum atomic E-state index is 13.0. The molecule has 0 spiro atoms. The summed E-state index contributed by atoms with van der Waals surface area (Å²) < 4.78 is 19.0. The number of carbonyl (C=O) groups excluding carboxylic acids is 1. The van der Waals surface area contributed by atoms with E-state index in [2.05, 4.69) is 29.2 Å². The predicted molar refractivity (Wildman–Crippen MR) is 124 cm³/mol. The van der Waals surface area contributed by atoms with E-state index in [9.17, 15) is 9.90 Å². The van der Waals surface area contributed by atoms with Crippen molar-refractivity contribution in [3.63, 3.8) is 0 Å². The van der Waals surface area contributed by atoms with E-state index in [-0.39, 0.29) is 37.4 Å². The topological polar surface area (TPSA) is 102 Å². The van der Waals surface area contributed by atoms with Crippen LogP contribution in [0.2, 0.25) is 0 Å². The van der Waals surface area contributed by atoms with Crippen LogP contribution >= 0.6 is 0 Å². The van der Waals surface area contributed by atoms with Crippen molar-refractivity contribution in [3.8, 4) is 11.5 Å². The van der Waals surface area contributed by atoms with Crippen molar-refractivity contribution in [1.29, 1.82) is 0 Å². The van der Waals surface area contributed by atoms with Crippen LogP contribution in [0.1, 0.15) is 37.9 Å². The van der Waals surface area contributed by atoms with E-state index in [1.54, 1.807) is 9.58 Å². The van der Waals surface area contributed by atoms with Gasteiger partial charge in [0.15, 0.2) is 11.5 Å². The van der Waals surface area contributed by atoms with Crippen molar-refractivity contribution < 1.29 is 24.1 Å². The van der Waals surface area contributed by atoms with Gasteiger partial charge in [-0.2, -0.15) is 0 Å². The molecule has 1 N–H and O–H groups in total. The Morgan fingerprint density at radius 1 is 1.29 bits per heavy atom. The molecule has 3 heterocycles. The van der Waals surface area contributed by atoms with Crippen LogP contribution in [0.15, 0.2) is 24.4 Å². The Balaban J connectivity index is 1.48. The molecule has 1 aromatic carbocycles. The molecule has 0 fully saturated rings. The molecule has 2 aromatic rings. The number of nitrogens with zero attached hydrogens (tertiary/aromatic N) is 5. The zero-order valence-corrected chi connectivity index (χ0v) is 20.2. The molecule has 0 radical (unpaired) electrons. The van der Waals surface area contributed by atoms with Crippen molar-refractivity contribution in [2.45, 2.75) is 58.5 Å². The molecule has 2 aliphatic rings. The summed E-state index contributed by atoms with van der Waals surface area (Å²) in [5.74, 6) is 1.63. The number of rotatable bonds is 6. The molecule has 2 aliphatic heterocycles. The lowest BCUT2D eigenvalue weighted by atomic mass is 10.0. The lowest BCUT2D eigenvalue weighted by Crippen LogP contribution is -2.47. The van der Waals surface area contributed by atoms with Crippen LogP contribution in [0.4, 0.5) is 0 Å². The van der Waals surface area contributed by atoms with Gasteiger partial charge in [0.25, 0.3) is 0 Å².